The van der Waals surface area contributed by atoms with Gasteiger partial charge in [0.1, 0.15) is 23.7 Å². The van der Waals surface area contributed by atoms with Crippen LogP contribution >= 0.6 is 34.7 Å². The van der Waals surface area contributed by atoms with Crippen molar-refractivity contribution in [3.05, 3.63) is 80.3 Å². The van der Waals surface area contributed by atoms with Crippen molar-refractivity contribution in [2.75, 3.05) is 17.6 Å². The zero-order valence-electron chi connectivity index (χ0n) is 19.0. The van der Waals surface area contributed by atoms with Crippen LogP contribution in [0, 0.1) is 10.1 Å². The van der Waals surface area contributed by atoms with E-state index in [2.05, 4.69) is 10.6 Å². The number of rotatable bonds is 8. The Labute approximate surface area is 223 Å². The fourth-order valence-electron chi connectivity index (χ4n) is 4.02. The maximum absolute atomic E-state index is 12.9. The number of hydrogen-bond donors (Lipinski definition) is 2. The van der Waals surface area contributed by atoms with Crippen LogP contribution in [0.25, 0.3) is 10.1 Å². The van der Waals surface area contributed by atoms with Gasteiger partial charge in [-0.25, -0.2) is 4.79 Å². The molecule has 0 radical (unpaired) electrons. The van der Waals surface area contributed by atoms with Crippen LogP contribution in [0.4, 0.5) is 11.4 Å². The van der Waals surface area contributed by atoms with E-state index in [1.54, 1.807) is 11.3 Å². The molecule has 2 N–H and O–H groups in total. The van der Waals surface area contributed by atoms with Crippen LogP contribution < -0.4 is 10.6 Å². The number of nitro benzene ring substituents is 1. The van der Waals surface area contributed by atoms with E-state index >= 15 is 0 Å². The number of nitrogens with zero attached hydrogens (tertiary/aromatic N) is 2. The number of carbonyl (C=O) groups excluding carboxylic acids is 3. The molecule has 1 aromatic heterocycles. The molecular formula is C24H19ClN4O6S2. The van der Waals surface area contributed by atoms with Crippen molar-refractivity contribution >= 4 is 73.9 Å². The third kappa shape index (κ3) is 4.99. The number of halogens is 1. The van der Waals surface area contributed by atoms with E-state index < -0.39 is 28.2 Å². The Bertz CT molecular complexity index is 1440. The second-order valence-corrected chi connectivity index (χ2v) is 10.7. The highest BCUT2D eigenvalue weighted by molar-refractivity contribution is 8.00. The van der Waals surface area contributed by atoms with E-state index in [1.807, 2.05) is 29.6 Å². The number of nitrogens with one attached hydrogen (secondary N) is 2. The van der Waals surface area contributed by atoms with Gasteiger partial charge < -0.3 is 15.4 Å². The number of hydrogen-bond acceptors (Lipinski definition) is 9. The summed E-state index contributed by atoms with van der Waals surface area (Å²) in [6.07, 6.45) is 0. The van der Waals surface area contributed by atoms with Gasteiger partial charge in [0.25, 0.3) is 11.6 Å². The Kier molecular flexibility index (Phi) is 7.04. The Hall–Kier alpha value is -3.61. The number of thiophene rings is 1. The number of non-ortho nitro benzene ring substituents is 1. The van der Waals surface area contributed by atoms with Gasteiger partial charge in [-0.05, 0) is 23.8 Å². The molecule has 1 unspecified atom stereocenters. The van der Waals surface area contributed by atoms with Crippen molar-refractivity contribution in [2.45, 2.75) is 18.0 Å². The Morgan fingerprint density at radius 3 is 2.70 bits per heavy atom. The van der Waals surface area contributed by atoms with E-state index in [4.69, 9.17) is 16.3 Å². The van der Waals surface area contributed by atoms with Crippen molar-refractivity contribution in [2.24, 2.45) is 0 Å². The lowest BCUT2D eigenvalue weighted by Gasteiger charge is -2.49. The average Bonchev–Trinajstić information content (AvgIpc) is 3.32. The Morgan fingerprint density at radius 1 is 1.19 bits per heavy atom. The van der Waals surface area contributed by atoms with Gasteiger partial charge in [0.05, 0.1) is 22.2 Å². The van der Waals surface area contributed by atoms with Crippen LogP contribution in [-0.2, 0) is 25.7 Å². The summed E-state index contributed by atoms with van der Waals surface area (Å²) in [5.41, 5.74) is 1.26. The van der Waals surface area contributed by atoms with Gasteiger partial charge in [0.2, 0.25) is 5.91 Å². The smallest absolute Gasteiger partial charge is 0.356 e. The molecule has 2 amide bonds. The van der Waals surface area contributed by atoms with Crippen LogP contribution in [0.3, 0.4) is 0 Å². The molecule has 0 spiro atoms. The quantitative estimate of drug-likeness (QED) is 0.185. The first-order valence-electron chi connectivity index (χ1n) is 11.1. The highest BCUT2D eigenvalue weighted by Crippen LogP contribution is 2.41. The standard InChI is InChI=1S/C24H19ClN4O6S2/c25-16-11-37-23-20(27-19(30)9-26-17-12-36-18-4-2-1-3-15(17)18)22(31)28(23)21(16)24(32)35-10-13-5-7-14(8-6-13)29(33)34/h1-8,12,20,23,26H,9-11H2,(H,27,30)/t20?,23-/m0/s1. The molecule has 37 heavy (non-hydrogen) atoms. The lowest BCUT2D eigenvalue weighted by Crippen LogP contribution is -2.70. The highest BCUT2D eigenvalue weighted by atomic mass is 35.5. The lowest BCUT2D eigenvalue weighted by molar-refractivity contribution is -0.384. The topological polar surface area (TPSA) is 131 Å². The van der Waals surface area contributed by atoms with Gasteiger partial charge in [0.15, 0.2) is 0 Å². The number of amides is 2. The second kappa shape index (κ2) is 10.4. The lowest BCUT2D eigenvalue weighted by atomic mass is 10.0. The number of nitro groups is 1. The predicted molar refractivity (Wildman–Crippen MR) is 141 cm³/mol. The van der Waals surface area contributed by atoms with E-state index in [0.29, 0.717) is 5.56 Å². The molecule has 2 aromatic carbocycles. The molecule has 2 atom stereocenters. The highest BCUT2D eigenvalue weighted by Gasteiger charge is 2.54. The van der Waals surface area contributed by atoms with Gasteiger partial charge in [-0.15, -0.1) is 23.1 Å². The van der Waals surface area contributed by atoms with Gasteiger partial charge in [-0.2, -0.15) is 0 Å². The Balaban J connectivity index is 1.17. The molecule has 5 rings (SSSR count). The SMILES string of the molecule is O=C(CNc1csc2ccccc12)NC1C(=O)N2C(C(=O)OCc3ccc([N+](=O)[O-])cc3)=C(Cl)CS[C@@H]12. The fraction of sp³-hybridized carbons (Fsp3) is 0.208. The molecule has 1 saturated heterocycles. The summed E-state index contributed by atoms with van der Waals surface area (Å²) in [5, 5.41) is 19.3. The number of carbonyl (C=O) groups is 3. The van der Waals surface area contributed by atoms with Gasteiger partial charge in [-0.3, -0.25) is 24.6 Å². The van der Waals surface area contributed by atoms with Crippen molar-refractivity contribution in [1.29, 1.82) is 0 Å². The first kappa shape index (κ1) is 25.1. The van der Waals surface area contributed by atoms with Gasteiger partial charge in [0, 0.05) is 33.4 Å². The van der Waals surface area contributed by atoms with E-state index in [9.17, 15) is 24.5 Å². The third-order valence-electron chi connectivity index (χ3n) is 5.87. The summed E-state index contributed by atoms with van der Waals surface area (Å²) < 4.78 is 6.42. The fourth-order valence-corrected chi connectivity index (χ4v) is 6.48. The molecule has 13 heteroatoms. The molecule has 0 saturated carbocycles. The molecule has 0 aliphatic carbocycles. The molecule has 3 aromatic rings. The van der Waals surface area contributed by atoms with Crippen molar-refractivity contribution in [3.63, 3.8) is 0 Å². The predicted octanol–water partition coefficient (Wildman–Crippen LogP) is 3.82. The molecule has 2 aliphatic heterocycles. The second-order valence-electron chi connectivity index (χ2n) is 8.21. The van der Waals surface area contributed by atoms with Crippen LogP contribution in [0.15, 0.2) is 64.6 Å². The largest absolute Gasteiger partial charge is 0.456 e. The Morgan fingerprint density at radius 2 is 1.95 bits per heavy atom. The van der Waals surface area contributed by atoms with Crippen LogP contribution in [-0.4, -0.2) is 51.3 Å². The number of benzene rings is 2. The van der Waals surface area contributed by atoms with E-state index in [1.165, 1.54) is 40.9 Å². The molecule has 190 valence electrons. The average molecular weight is 559 g/mol. The van der Waals surface area contributed by atoms with Gasteiger partial charge in [-0.1, -0.05) is 29.8 Å². The number of anilines is 1. The first-order chi connectivity index (χ1) is 17.8. The minimum atomic E-state index is -0.791. The molecule has 3 heterocycles. The zero-order valence-corrected chi connectivity index (χ0v) is 21.4. The van der Waals surface area contributed by atoms with E-state index in [-0.39, 0.29) is 41.2 Å². The number of ether oxygens (including phenoxy) is 1. The minimum Gasteiger partial charge on any atom is -0.456 e. The number of thioether (sulfide) groups is 1. The maximum atomic E-state index is 12.9. The maximum Gasteiger partial charge on any atom is 0.356 e. The molecule has 1 fully saturated rings. The van der Waals surface area contributed by atoms with Crippen molar-refractivity contribution in [1.82, 2.24) is 10.2 Å². The number of fused-ring (bicyclic) bond motifs is 2. The normalized spacial score (nSPS) is 18.7. The minimum absolute atomic E-state index is 0.0113. The molecule has 2 aliphatic rings. The molecular weight excluding hydrogens is 540 g/mol. The monoisotopic (exact) mass is 558 g/mol. The van der Waals surface area contributed by atoms with E-state index in [0.717, 1.165) is 15.8 Å². The summed E-state index contributed by atoms with van der Waals surface area (Å²) >= 11 is 9.19. The molecule has 0 bridgehead atoms. The summed E-state index contributed by atoms with van der Waals surface area (Å²) in [6.45, 7) is -0.157. The number of esters is 1. The van der Waals surface area contributed by atoms with Gasteiger partial charge >= 0.3 is 5.97 Å². The van der Waals surface area contributed by atoms with Crippen molar-refractivity contribution < 1.29 is 24.0 Å². The van der Waals surface area contributed by atoms with Crippen LogP contribution in [0.5, 0.6) is 0 Å². The van der Waals surface area contributed by atoms with Crippen LogP contribution in [0.2, 0.25) is 0 Å². The van der Waals surface area contributed by atoms with Crippen molar-refractivity contribution in [3.8, 4) is 0 Å². The first-order valence-corrected chi connectivity index (χ1v) is 13.4. The molecule has 10 nitrogen and oxygen atoms in total. The zero-order chi connectivity index (χ0) is 26.1. The summed E-state index contributed by atoms with van der Waals surface area (Å²) in [6, 6.07) is 12.6. The summed E-state index contributed by atoms with van der Waals surface area (Å²) in [4.78, 5) is 49.8. The third-order valence-corrected chi connectivity index (χ3v) is 8.58. The summed E-state index contributed by atoms with van der Waals surface area (Å²) in [7, 11) is 0. The number of β-lactam (4-membered cyclic amide) rings is 1. The van der Waals surface area contributed by atoms with Crippen LogP contribution in [0.1, 0.15) is 5.56 Å². The summed E-state index contributed by atoms with van der Waals surface area (Å²) in [5.74, 6) is -1.30.